The molecule has 0 aliphatic rings. The fourth-order valence-corrected chi connectivity index (χ4v) is 4.98. The summed E-state index contributed by atoms with van der Waals surface area (Å²) in [5, 5.41) is 11.5. The van der Waals surface area contributed by atoms with Crippen LogP contribution < -0.4 is 9.84 Å². The van der Waals surface area contributed by atoms with Crippen molar-refractivity contribution in [3.05, 3.63) is 84.4 Å². The number of hydrogen-bond acceptors (Lipinski definition) is 4. The second-order valence-electron chi connectivity index (χ2n) is 9.23. The first kappa shape index (κ1) is 26.9. The predicted molar refractivity (Wildman–Crippen MR) is 144 cm³/mol. The van der Waals surface area contributed by atoms with Crippen LogP contribution in [0.15, 0.2) is 78.9 Å². The Morgan fingerprint density at radius 3 is 2.22 bits per heavy atom. The van der Waals surface area contributed by atoms with Gasteiger partial charge in [0.05, 0.1) is 23.8 Å². The van der Waals surface area contributed by atoms with Gasteiger partial charge in [-0.3, -0.25) is 15.0 Å². The number of fused-ring (bicyclic) bond motifs is 1. The molecule has 0 heterocycles. The number of benzene rings is 3. The van der Waals surface area contributed by atoms with Gasteiger partial charge in [0.15, 0.2) is 0 Å². The van der Waals surface area contributed by atoms with Gasteiger partial charge in [-0.15, -0.1) is 0 Å². The van der Waals surface area contributed by atoms with Crippen LogP contribution in [0.5, 0.6) is 0 Å². The maximum absolute atomic E-state index is 13.5. The third-order valence-corrected chi connectivity index (χ3v) is 6.84. The van der Waals surface area contributed by atoms with E-state index in [1.54, 1.807) is 30.3 Å². The molecular formula is C28H32N2O5S. The summed E-state index contributed by atoms with van der Waals surface area (Å²) in [5.74, 6) is -3.71. The molecule has 0 bridgehead atoms. The van der Waals surface area contributed by atoms with Gasteiger partial charge in [0.2, 0.25) is 15.9 Å². The van der Waals surface area contributed by atoms with Crippen LogP contribution in [0.1, 0.15) is 32.3 Å². The number of rotatable bonds is 11. The van der Waals surface area contributed by atoms with E-state index in [0.717, 1.165) is 21.6 Å². The highest BCUT2D eigenvalue weighted by Gasteiger charge is 2.35. The highest BCUT2D eigenvalue weighted by atomic mass is 32.2. The minimum atomic E-state index is -3.93. The van der Waals surface area contributed by atoms with E-state index in [4.69, 9.17) is 0 Å². The van der Waals surface area contributed by atoms with E-state index in [2.05, 4.69) is 5.43 Å². The number of carbonyl (C=O) groups excluding carboxylic acids is 1. The molecule has 2 N–H and O–H groups in total. The summed E-state index contributed by atoms with van der Waals surface area (Å²) in [4.78, 5) is 25.8. The minimum absolute atomic E-state index is 0.0185. The van der Waals surface area contributed by atoms with E-state index in [-0.39, 0.29) is 18.8 Å². The molecule has 0 aliphatic heterocycles. The van der Waals surface area contributed by atoms with Gasteiger partial charge in [0.25, 0.3) is 0 Å². The predicted octanol–water partition coefficient (Wildman–Crippen LogP) is 5.10. The summed E-state index contributed by atoms with van der Waals surface area (Å²) in [6.07, 6.45) is 4.98. The second-order valence-corrected chi connectivity index (χ2v) is 11.1. The van der Waals surface area contributed by atoms with Crippen molar-refractivity contribution in [1.82, 2.24) is 5.43 Å². The van der Waals surface area contributed by atoms with Crippen molar-refractivity contribution >= 4 is 44.4 Å². The first-order chi connectivity index (χ1) is 17.1. The first-order valence-electron chi connectivity index (χ1n) is 11.8. The second kappa shape index (κ2) is 11.9. The smallest absolute Gasteiger partial charge is 0.307 e. The number of carboxylic acids is 1. The summed E-state index contributed by atoms with van der Waals surface area (Å²) in [7, 11) is -3.93. The lowest BCUT2D eigenvalue weighted by molar-refractivity contribution is -0.147. The van der Waals surface area contributed by atoms with Gasteiger partial charge in [0.1, 0.15) is 0 Å². The molecule has 0 saturated carbocycles. The van der Waals surface area contributed by atoms with Crippen LogP contribution in [0.4, 0.5) is 5.69 Å². The maximum Gasteiger partial charge on any atom is 0.307 e. The molecule has 0 unspecified atom stereocenters. The van der Waals surface area contributed by atoms with Crippen molar-refractivity contribution in [1.29, 1.82) is 0 Å². The van der Waals surface area contributed by atoms with Gasteiger partial charge >= 0.3 is 5.97 Å². The SMILES string of the molecule is CC(C)C[C@@H](C(=O)NN(c1cccc2ccccc12)S(C)(=O)=O)[C@H](CC=Cc1ccccc1)C(=O)O. The number of hydrogen-bond donors (Lipinski definition) is 2. The highest BCUT2D eigenvalue weighted by molar-refractivity contribution is 7.92. The van der Waals surface area contributed by atoms with Crippen LogP contribution in [0.2, 0.25) is 0 Å². The number of anilines is 1. The summed E-state index contributed by atoms with van der Waals surface area (Å²) in [6, 6.07) is 21.9. The molecule has 0 saturated heterocycles. The van der Waals surface area contributed by atoms with Gasteiger partial charge in [-0.1, -0.05) is 92.7 Å². The van der Waals surface area contributed by atoms with E-state index in [1.165, 1.54) is 0 Å². The van der Waals surface area contributed by atoms with Crippen LogP contribution in [-0.4, -0.2) is 31.7 Å². The van der Waals surface area contributed by atoms with E-state index >= 15 is 0 Å². The van der Waals surface area contributed by atoms with Crippen molar-refractivity contribution < 1.29 is 23.1 Å². The van der Waals surface area contributed by atoms with E-state index in [1.807, 2.05) is 68.5 Å². The number of carbonyl (C=O) groups is 2. The molecule has 190 valence electrons. The molecule has 0 radical (unpaired) electrons. The summed E-state index contributed by atoms with van der Waals surface area (Å²) >= 11 is 0. The zero-order chi connectivity index (χ0) is 26.3. The quantitative estimate of drug-likeness (QED) is 0.351. The normalized spacial score (nSPS) is 13.6. The monoisotopic (exact) mass is 508 g/mol. The molecule has 7 nitrogen and oxygen atoms in total. The average molecular weight is 509 g/mol. The molecule has 1 amide bonds. The van der Waals surface area contributed by atoms with Crippen molar-refractivity contribution in [3.63, 3.8) is 0 Å². The van der Waals surface area contributed by atoms with E-state index in [9.17, 15) is 23.1 Å². The lowest BCUT2D eigenvalue weighted by atomic mass is 9.82. The number of sulfonamides is 1. The van der Waals surface area contributed by atoms with E-state index in [0.29, 0.717) is 11.1 Å². The Kier molecular flexibility index (Phi) is 8.88. The van der Waals surface area contributed by atoms with Crippen LogP contribution in [0, 0.1) is 17.8 Å². The Hall–Kier alpha value is -3.65. The molecule has 3 aromatic carbocycles. The van der Waals surface area contributed by atoms with E-state index < -0.39 is 33.7 Å². The van der Waals surface area contributed by atoms with Gasteiger partial charge < -0.3 is 5.11 Å². The minimum Gasteiger partial charge on any atom is -0.481 e. The molecule has 8 heteroatoms. The van der Waals surface area contributed by atoms with Crippen molar-refractivity contribution in [3.8, 4) is 0 Å². The number of amides is 1. The van der Waals surface area contributed by atoms with Gasteiger partial charge in [-0.05, 0) is 35.8 Å². The number of nitrogens with one attached hydrogen (secondary N) is 1. The zero-order valence-corrected chi connectivity index (χ0v) is 21.5. The molecule has 3 aromatic rings. The summed E-state index contributed by atoms with van der Waals surface area (Å²) < 4.78 is 26.4. The molecule has 3 rings (SSSR count). The average Bonchev–Trinajstić information content (AvgIpc) is 2.83. The molecule has 0 spiro atoms. The Labute approximate surface area is 212 Å². The lowest BCUT2D eigenvalue weighted by Crippen LogP contribution is -2.50. The fraction of sp³-hybridized carbons (Fsp3) is 0.286. The topological polar surface area (TPSA) is 104 Å². The summed E-state index contributed by atoms with van der Waals surface area (Å²) in [5.41, 5.74) is 3.75. The fourth-order valence-electron chi connectivity index (χ4n) is 4.20. The highest BCUT2D eigenvalue weighted by Crippen LogP contribution is 2.29. The van der Waals surface area contributed by atoms with Crippen LogP contribution in [-0.2, 0) is 19.6 Å². The van der Waals surface area contributed by atoms with Gasteiger partial charge in [-0.25, -0.2) is 8.42 Å². The Bertz CT molecular complexity index is 1330. The maximum atomic E-state index is 13.5. The number of nitrogens with zero attached hydrogens (tertiary/aromatic N) is 1. The van der Waals surface area contributed by atoms with Crippen LogP contribution >= 0.6 is 0 Å². The first-order valence-corrected chi connectivity index (χ1v) is 13.7. The van der Waals surface area contributed by atoms with Gasteiger partial charge in [0, 0.05) is 5.39 Å². The zero-order valence-electron chi connectivity index (χ0n) is 20.7. The molecule has 0 aromatic heterocycles. The number of allylic oxidation sites excluding steroid dienone is 1. The van der Waals surface area contributed by atoms with Gasteiger partial charge in [-0.2, -0.15) is 4.41 Å². The van der Waals surface area contributed by atoms with Crippen molar-refractivity contribution in [2.24, 2.45) is 17.8 Å². The summed E-state index contributed by atoms with van der Waals surface area (Å²) in [6.45, 7) is 3.80. The molecular weight excluding hydrogens is 476 g/mol. The third kappa shape index (κ3) is 6.95. The Morgan fingerprint density at radius 2 is 1.58 bits per heavy atom. The molecule has 0 fully saturated rings. The Balaban J connectivity index is 1.93. The number of carboxylic acid groups (broad SMARTS) is 1. The van der Waals surface area contributed by atoms with Crippen molar-refractivity contribution in [2.75, 3.05) is 10.7 Å². The third-order valence-electron chi connectivity index (χ3n) is 5.89. The van der Waals surface area contributed by atoms with Crippen molar-refractivity contribution in [2.45, 2.75) is 26.7 Å². The lowest BCUT2D eigenvalue weighted by Gasteiger charge is -2.29. The molecule has 0 aliphatic carbocycles. The van der Waals surface area contributed by atoms with Crippen LogP contribution in [0.3, 0.4) is 0 Å². The molecule has 2 atom stereocenters. The molecule has 36 heavy (non-hydrogen) atoms. The number of hydrazine groups is 1. The van der Waals surface area contributed by atoms with Crippen LogP contribution in [0.25, 0.3) is 16.8 Å². The standard InChI is InChI=1S/C28H32N2O5S/c1-20(2)19-25(24(28(32)33)17-9-13-21-11-5-4-6-12-21)27(31)29-30(36(3,34)35)26-18-10-15-22-14-7-8-16-23(22)26/h4-16,18,20,24-25H,17,19H2,1-3H3,(H,29,31)(H,32,33)/t24-,25+/m0/s1. The largest absolute Gasteiger partial charge is 0.481 e. The number of aliphatic carboxylic acids is 1. The Morgan fingerprint density at radius 1 is 0.944 bits per heavy atom.